The van der Waals surface area contributed by atoms with Crippen LogP contribution in [0.1, 0.15) is 54.5 Å². The van der Waals surface area contributed by atoms with E-state index in [9.17, 15) is 9.59 Å². The van der Waals surface area contributed by atoms with E-state index in [1.54, 1.807) is 25.1 Å². The van der Waals surface area contributed by atoms with Gasteiger partial charge < -0.3 is 15.2 Å². The van der Waals surface area contributed by atoms with Gasteiger partial charge in [-0.2, -0.15) is 0 Å². The lowest BCUT2D eigenvalue weighted by Gasteiger charge is -2.16. The molecule has 0 saturated carbocycles. The number of halogens is 2. The van der Waals surface area contributed by atoms with Crippen LogP contribution in [0.15, 0.2) is 60.3 Å². The molecular weight excluding hydrogens is 505 g/mol. The normalized spacial score (nSPS) is 11.8. The van der Waals surface area contributed by atoms with Crippen LogP contribution < -0.4 is 10.6 Å². The number of nitrogens with one attached hydrogen (secondary N) is 2. The predicted molar refractivity (Wildman–Crippen MR) is 142 cm³/mol. The molecule has 0 spiro atoms. The van der Waals surface area contributed by atoms with Gasteiger partial charge in [0, 0.05) is 17.3 Å². The second kappa shape index (κ2) is 12.2. The number of nitrogens with zero attached hydrogens (tertiary/aromatic N) is 3. The molecule has 10 heteroatoms. The number of benzene rings is 2. The number of amides is 2. The Morgan fingerprint density at radius 2 is 1.89 bits per heavy atom. The van der Waals surface area contributed by atoms with Gasteiger partial charge in [0.2, 0.25) is 5.91 Å². The van der Waals surface area contributed by atoms with Crippen LogP contribution in [0.2, 0.25) is 10.0 Å². The molecule has 1 atom stereocenters. The third-order valence-electron chi connectivity index (χ3n) is 5.16. The number of allylic oxidation sites excluding steroid dienone is 1. The fourth-order valence-electron chi connectivity index (χ4n) is 3.47. The molecule has 1 aromatic heterocycles. The van der Waals surface area contributed by atoms with E-state index in [0.717, 1.165) is 11.3 Å². The van der Waals surface area contributed by atoms with Gasteiger partial charge in [-0.15, -0.1) is 16.8 Å². The predicted octanol–water partition coefficient (Wildman–Crippen LogP) is 6.12. The van der Waals surface area contributed by atoms with Crippen molar-refractivity contribution in [3.05, 3.63) is 82.1 Å². The molecule has 1 heterocycles. The van der Waals surface area contributed by atoms with E-state index in [0.29, 0.717) is 28.1 Å². The maximum Gasteiger partial charge on any atom is 0.253 e. The highest BCUT2D eigenvalue weighted by molar-refractivity contribution is 7.99. The van der Waals surface area contributed by atoms with Gasteiger partial charge in [0.15, 0.2) is 11.0 Å². The van der Waals surface area contributed by atoms with Crippen LogP contribution in [-0.4, -0.2) is 32.3 Å². The van der Waals surface area contributed by atoms with Gasteiger partial charge >= 0.3 is 0 Å². The van der Waals surface area contributed by atoms with Gasteiger partial charge in [0.25, 0.3) is 5.91 Å². The van der Waals surface area contributed by atoms with Crippen LogP contribution in [0.3, 0.4) is 0 Å². The molecule has 0 saturated heterocycles. The van der Waals surface area contributed by atoms with Gasteiger partial charge in [-0.1, -0.05) is 73.1 Å². The molecule has 0 fully saturated rings. The highest BCUT2D eigenvalue weighted by Crippen LogP contribution is 2.26. The summed E-state index contributed by atoms with van der Waals surface area (Å²) >= 11 is 13.4. The van der Waals surface area contributed by atoms with E-state index < -0.39 is 6.04 Å². The van der Waals surface area contributed by atoms with Crippen LogP contribution in [0.5, 0.6) is 0 Å². The summed E-state index contributed by atoms with van der Waals surface area (Å²) in [5, 5.41) is 15.6. The van der Waals surface area contributed by atoms with E-state index in [1.807, 2.05) is 28.8 Å². The number of hydrogen-bond acceptors (Lipinski definition) is 5. The molecule has 3 aromatic rings. The fourth-order valence-corrected chi connectivity index (χ4v) is 4.72. The van der Waals surface area contributed by atoms with E-state index in [1.165, 1.54) is 17.8 Å². The zero-order valence-electron chi connectivity index (χ0n) is 19.7. The first-order valence-electron chi connectivity index (χ1n) is 11.0. The Morgan fingerprint density at radius 1 is 1.14 bits per heavy atom. The van der Waals surface area contributed by atoms with Crippen molar-refractivity contribution in [3.63, 3.8) is 0 Å². The van der Waals surface area contributed by atoms with Crippen LogP contribution >= 0.6 is 35.0 Å². The molecule has 35 heavy (non-hydrogen) atoms. The summed E-state index contributed by atoms with van der Waals surface area (Å²) in [6.07, 6.45) is 1.71. The van der Waals surface area contributed by atoms with Gasteiger partial charge in [-0.3, -0.25) is 9.59 Å². The molecule has 0 aliphatic carbocycles. The minimum Gasteiger partial charge on any atom is -0.342 e. The molecule has 2 aromatic carbocycles. The monoisotopic (exact) mass is 531 g/mol. The molecule has 1 unspecified atom stereocenters. The zero-order valence-corrected chi connectivity index (χ0v) is 22.0. The molecule has 0 aliphatic rings. The van der Waals surface area contributed by atoms with Gasteiger partial charge in [0.1, 0.15) is 0 Å². The Labute approximate surface area is 219 Å². The zero-order chi connectivity index (χ0) is 25.5. The Kier molecular flexibility index (Phi) is 9.37. The maximum atomic E-state index is 12.7. The lowest BCUT2D eigenvalue weighted by molar-refractivity contribution is -0.113. The van der Waals surface area contributed by atoms with Crippen molar-refractivity contribution in [2.75, 3.05) is 11.1 Å². The Hall–Kier alpha value is -2.81. The molecular formula is C25H27Cl2N5O2S. The quantitative estimate of drug-likeness (QED) is 0.243. The molecule has 2 amide bonds. The number of aromatic nitrogens is 3. The third-order valence-corrected chi connectivity index (χ3v) is 6.67. The molecule has 3 rings (SSSR count). The van der Waals surface area contributed by atoms with Crippen molar-refractivity contribution in [1.29, 1.82) is 0 Å². The summed E-state index contributed by atoms with van der Waals surface area (Å²) in [5.74, 6) is 0.484. The highest BCUT2D eigenvalue weighted by atomic mass is 35.5. The average molecular weight is 532 g/mol. The highest BCUT2D eigenvalue weighted by Gasteiger charge is 2.21. The van der Waals surface area contributed by atoms with Crippen molar-refractivity contribution in [2.24, 2.45) is 0 Å². The minimum absolute atomic E-state index is 0.142. The largest absolute Gasteiger partial charge is 0.342 e. The van der Waals surface area contributed by atoms with Crippen molar-refractivity contribution < 1.29 is 9.59 Å². The lowest BCUT2D eigenvalue weighted by Crippen LogP contribution is -2.29. The van der Waals surface area contributed by atoms with Crippen molar-refractivity contribution >= 4 is 52.5 Å². The fraction of sp³-hybridized carbons (Fsp3) is 0.280. The lowest BCUT2D eigenvalue weighted by atomic mass is 10.0. The molecule has 0 radical (unpaired) electrons. The van der Waals surface area contributed by atoms with Crippen LogP contribution in [-0.2, 0) is 11.3 Å². The second-order valence-corrected chi connectivity index (χ2v) is 9.92. The summed E-state index contributed by atoms with van der Waals surface area (Å²) in [6.45, 7) is 10.2. The van der Waals surface area contributed by atoms with E-state index in [4.69, 9.17) is 23.2 Å². The number of anilines is 1. The number of carbonyl (C=O) groups excluding carboxylic acids is 2. The number of rotatable bonds is 10. The van der Waals surface area contributed by atoms with Crippen molar-refractivity contribution in [3.8, 4) is 0 Å². The Balaban J connectivity index is 1.69. The summed E-state index contributed by atoms with van der Waals surface area (Å²) in [5.41, 5.74) is 2.19. The van der Waals surface area contributed by atoms with Crippen LogP contribution in [0.25, 0.3) is 0 Å². The maximum absolute atomic E-state index is 12.7. The summed E-state index contributed by atoms with van der Waals surface area (Å²) in [7, 11) is 0. The van der Waals surface area contributed by atoms with E-state index in [2.05, 4.69) is 41.3 Å². The average Bonchev–Trinajstić information content (AvgIpc) is 3.20. The number of hydrogen-bond donors (Lipinski definition) is 2. The first-order valence-corrected chi connectivity index (χ1v) is 12.8. The molecule has 184 valence electrons. The van der Waals surface area contributed by atoms with E-state index >= 15 is 0 Å². The minimum atomic E-state index is -0.470. The van der Waals surface area contributed by atoms with Crippen LogP contribution in [0, 0.1) is 0 Å². The first-order chi connectivity index (χ1) is 16.7. The van der Waals surface area contributed by atoms with Gasteiger partial charge in [-0.05, 0) is 42.7 Å². The molecule has 7 nitrogen and oxygen atoms in total. The Bertz CT molecular complexity index is 1230. The molecule has 2 N–H and O–H groups in total. The Morgan fingerprint density at radius 3 is 2.57 bits per heavy atom. The van der Waals surface area contributed by atoms with Crippen molar-refractivity contribution in [2.45, 2.75) is 44.4 Å². The molecule has 0 bridgehead atoms. The summed E-state index contributed by atoms with van der Waals surface area (Å²) in [6, 6.07) is 12.0. The van der Waals surface area contributed by atoms with Crippen molar-refractivity contribution in [1.82, 2.24) is 20.1 Å². The summed E-state index contributed by atoms with van der Waals surface area (Å²) in [4.78, 5) is 25.4. The number of thioether (sulfide) groups is 1. The van der Waals surface area contributed by atoms with Gasteiger partial charge in [0.05, 0.1) is 22.4 Å². The number of para-hydroxylation sites is 1. The molecule has 0 aliphatic heterocycles. The van der Waals surface area contributed by atoms with E-state index in [-0.39, 0.29) is 28.5 Å². The smallest absolute Gasteiger partial charge is 0.253 e. The van der Waals surface area contributed by atoms with Gasteiger partial charge in [-0.25, -0.2) is 0 Å². The SMILES string of the molecule is C=CCn1c(SCC(=O)Nc2ccccc2C(C)C)nnc1C(C)NC(=O)c1ccc(Cl)cc1Cl. The third kappa shape index (κ3) is 6.87. The topological polar surface area (TPSA) is 88.9 Å². The second-order valence-electron chi connectivity index (χ2n) is 8.14. The summed E-state index contributed by atoms with van der Waals surface area (Å²) < 4.78 is 1.82. The van der Waals surface area contributed by atoms with Crippen LogP contribution in [0.4, 0.5) is 5.69 Å². The standard InChI is InChI=1S/C25H27Cl2N5O2S/c1-5-12-32-23(16(4)28-24(34)19-11-10-17(26)13-20(19)27)30-31-25(32)35-14-22(33)29-21-9-7-6-8-18(21)15(2)3/h5-11,13,15-16H,1,12,14H2,2-4H3,(H,28,34)(H,29,33). The number of carbonyl (C=O) groups is 2. The first kappa shape index (κ1) is 26.8.